The molecular weight excluding hydrogens is 246 g/mol. The van der Waals surface area contributed by atoms with Crippen molar-refractivity contribution < 1.29 is 13.5 Å². The van der Waals surface area contributed by atoms with Crippen LogP contribution in [0, 0.1) is 18.6 Å². The molecule has 1 aromatic rings. The molecule has 0 aliphatic carbocycles. The van der Waals surface area contributed by atoms with Crippen LogP contribution in [0.2, 0.25) is 0 Å². The van der Waals surface area contributed by atoms with E-state index in [0.717, 1.165) is 0 Å². The molecular formula is C16H26F2O. The third-order valence-corrected chi connectivity index (χ3v) is 1.35. The molecule has 0 saturated carbocycles. The Bertz CT molecular complexity index is 318. The molecule has 0 heterocycles. The average molecular weight is 272 g/mol. The van der Waals surface area contributed by atoms with E-state index >= 15 is 0 Å². The smallest absolute Gasteiger partial charge is 0.190 e. The van der Waals surface area contributed by atoms with Crippen molar-refractivity contribution in [2.45, 2.75) is 34.6 Å². The molecule has 1 nitrogen and oxygen atoms in total. The Balaban J connectivity index is -0.000000269. The highest BCUT2D eigenvalue weighted by atomic mass is 19.1. The molecule has 0 aromatic heterocycles. The zero-order valence-corrected chi connectivity index (χ0v) is 12.9. The maximum atomic E-state index is 12.7. The highest BCUT2D eigenvalue weighted by Crippen LogP contribution is 2.21. The maximum absolute atomic E-state index is 12.7. The summed E-state index contributed by atoms with van der Waals surface area (Å²) in [5.74, 6) is -1.65. The Morgan fingerprint density at radius 1 is 1.00 bits per heavy atom. The molecule has 0 fully saturated rings. The van der Waals surface area contributed by atoms with Gasteiger partial charge in [0.25, 0.3) is 0 Å². The van der Waals surface area contributed by atoms with E-state index in [9.17, 15) is 8.78 Å². The van der Waals surface area contributed by atoms with E-state index in [1.807, 2.05) is 27.7 Å². The Kier molecular flexibility index (Phi) is 19.4. The standard InChI is InChI=1S/C8H8F2O.2C3H6.C2H6/c1-5-3-6(9)8(11-2)7(10)4-5;2*1-3-2;1-2/h3-4H,1-2H3;2*3H,1H2,2H3;1-2H3. The third-order valence-electron chi connectivity index (χ3n) is 1.35. The first-order valence-corrected chi connectivity index (χ1v) is 6.12. The Morgan fingerprint density at radius 3 is 1.47 bits per heavy atom. The fraction of sp³-hybridized carbons (Fsp3) is 0.375. The van der Waals surface area contributed by atoms with Gasteiger partial charge in [-0.3, -0.25) is 0 Å². The summed E-state index contributed by atoms with van der Waals surface area (Å²) in [5, 5.41) is 0. The first-order valence-electron chi connectivity index (χ1n) is 6.12. The molecule has 0 aliphatic heterocycles. The van der Waals surface area contributed by atoms with Gasteiger partial charge in [-0.25, -0.2) is 8.78 Å². The van der Waals surface area contributed by atoms with Crippen LogP contribution in [-0.4, -0.2) is 7.11 Å². The summed E-state index contributed by atoms with van der Waals surface area (Å²) in [6, 6.07) is 2.45. The van der Waals surface area contributed by atoms with Crippen LogP contribution < -0.4 is 4.74 Å². The van der Waals surface area contributed by atoms with E-state index < -0.39 is 11.6 Å². The lowest BCUT2D eigenvalue weighted by Gasteiger charge is -2.03. The summed E-state index contributed by atoms with van der Waals surface area (Å²) in [5.41, 5.74) is 0.542. The number of ether oxygens (including phenoxy) is 1. The molecule has 0 amide bonds. The zero-order valence-electron chi connectivity index (χ0n) is 12.9. The number of methoxy groups -OCH3 is 1. The minimum Gasteiger partial charge on any atom is -0.491 e. The molecule has 0 spiro atoms. The molecule has 19 heavy (non-hydrogen) atoms. The molecule has 0 N–H and O–H groups in total. The van der Waals surface area contributed by atoms with Gasteiger partial charge in [0.1, 0.15) is 0 Å². The van der Waals surface area contributed by atoms with Gasteiger partial charge in [-0.05, 0) is 38.5 Å². The maximum Gasteiger partial charge on any atom is 0.190 e. The molecule has 0 bridgehead atoms. The SMILES string of the molecule is C=CC.C=CC.CC.COc1c(F)cc(C)cc1F. The number of benzene rings is 1. The number of hydrogen-bond acceptors (Lipinski definition) is 1. The fourth-order valence-electron chi connectivity index (χ4n) is 0.882. The van der Waals surface area contributed by atoms with Gasteiger partial charge >= 0.3 is 0 Å². The van der Waals surface area contributed by atoms with Gasteiger partial charge in [0.2, 0.25) is 0 Å². The van der Waals surface area contributed by atoms with E-state index in [1.54, 1.807) is 19.1 Å². The molecule has 1 rings (SSSR count). The molecule has 1 aromatic carbocycles. The second-order valence-corrected chi connectivity index (χ2v) is 3.08. The Morgan fingerprint density at radius 2 is 1.26 bits per heavy atom. The van der Waals surface area contributed by atoms with Gasteiger partial charge in [0.05, 0.1) is 7.11 Å². The molecule has 0 radical (unpaired) electrons. The van der Waals surface area contributed by atoms with Crippen molar-refractivity contribution in [1.29, 1.82) is 0 Å². The van der Waals surface area contributed by atoms with Crippen LogP contribution in [0.15, 0.2) is 37.4 Å². The minimum atomic E-state index is -0.662. The van der Waals surface area contributed by atoms with Gasteiger partial charge in [-0.2, -0.15) is 0 Å². The monoisotopic (exact) mass is 272 g/mol. The normalized spacial score (nSPS) is 7.37. The first-order chi connectivity index (χ1) is 8.98. The highest BCUT2D eigenvalue weighted by molar-refractivity contribution is 5.30. The number of aryl methyl sites for hydroxylation is 1. The van der Waals surface area contributed by atoms with E-state index in [4.69, 9.17) is 0 Å². The van der Waals surface area contributed by atoms with E-state index in [2.05, 4.69) is 17.9 Å². The van der Waals surface area contributed by atoms with Crippen molar-refractivity contribution in [1.82, 2.24) is 0 Å². The number of allylic oxidation sites excluding steroid dienone is 2. The van der Waals surface area contributed by atoms with Crippen LogP contribution in [0.25, 0.3) is 0 Å². The topological polar surface area (TPSA) is 9.23 Å². The highest BCUT2D eigenvalue weighted by Gasteiger charge is 2.08. The van der Waals surface area contributed by atoms with Crippen molar-refractivity contribution in [2.24, 2.45) is 0 Å². The van der Waals surface area contributed by atoms with E-state index in [0.29, 0.717) is 5.56 Å². The predicted octanol–water partition coefficient (Wildman–Crippen LogP) is 5.69. The van der Waals surface area contributed by atoms with Crippen LogP contribution in [0.1, 0.15) is 33.3 Å². The average Bonchev–Trinajstić information content (AvgIpc) is 2.33. The summed E-state index contributed by atoms with van der Waals surface area (Å²) < 4.78 is 30.0. The van der Waals surface area contributed by atoms with Gasteiger partial charge in [-0.1, -0.05) is 26.0 Å². The van der Waals surface area contributed by atoms with Crippen molar-refractivity contribution in [3.63, 3.8) is 0 Å². The summed E-state index contributed by atoms with van der Waals surface area (Å²) in [4.78, 5) is 0. The second kappa shape index (κ2) is 16.4. The lowest BCUT2D eigenvalue weighted by atomic mass is 10.2. The summed E-state index contributed by atoms with van der Waals surface area (Å²) >= 11 is 0. The van der Waals surface area contributed by atoms with Gasteiger partial charge < -0.3 is 4.74 Å². The van der Waals surface area contributed by atoms with Gasteiger partial charge in [0.15, 0.2) is 17.4 Å². The van der Waals surface area contributed by atoms with Crippen LogP contribution >= 0.6 is 0 Å². The predicted molar refractivity (Wildman–Crippen MR) is 80.7 cm³/mol. The molecule has 0 atom stereocenters. The van der Waals surface area contributed by atoms with Crippen molar-refractivity contribution in [3.8, 4) is 5.75 Å². The molecule has 110 valence electrons. The Labute approximate surface area is 116 Å². The summed E-state index contributed by atoms with van der Waals surface area (Å²) in [6.45, 7) is 16.1. The molecule has 0 aliphatic rings. The minimum absolute atomic E-state index is 0.324. The number of rotatable bonds is 1. The molecule has 0 unspecified atom stereocenters. The molecule has 3 heteroatoms. The Hall–Kier alpha value is -1.64. The third kappa shape index (κ3) is 12.6. The quantitative estimate of drug-likeness (QED) is 0.596. The zero-order chi connectivity index (χ0) is 15.8. The second-order valence-electron chi connectivity index (χ2n) is 3.08. The summed E-state index contributed by atoms with van der Waals surface area (Å²) in [6.07, 6.45) is 3.50. The van der Waals surface area contributed by atoms with Crippen molar-refractivity contribution in [3.05, 3.63) is 54.6 Å². The van der Waals surface area contributed by atoms with Gasteiger partial charge in [-0.15, -0.1) is 13.2 Å². The van der Waals surface area contributed by atoms with Crippen molar-refractivity contribution in [2.75, 3.05) is 7.11 Å². The summed E-state index contributed by atoms with van der Waals surface area (Å²) in [7, 11) is 1.23. The largest absolute Gasteiger partial charge is 0.491 e. The van der Waals surface area contributed by atoms with Crippen LogP contribution in [0.4, 0.5) is 8.78 Å². The van der Waals surface area contributed by atoms with Gasteiger partial charge in [0, 0.05) is 0 Å². The lowest BCUT2D eigenvalue weighted by molar-refractivity contribution is 0.359. The lowest BCUT2D eigenvalue weighted by Crippen LogP contribution is -1.92. The molecule has 0 saturated heterocycles. The van der Waals surface area contributed by atoms with Crippen molar-refractivity contribution >= 4 is 0 Å². The fourth-order valence-corrected chi connectivity index (χ4v) is 0.882. The number of hydrogen-bond donors (Lipinski definition) is 0. The first kappa shape index (κ1) is 22.5. The van der Waals surface area contributed by atoms with E-state index in [1.165, 1.54) is 19.2 Å². The van der Waals surface area contributed by atoms with Crippen LogP contribution in [-0.2, 0) is 0 Å². The van der Waals surface area contributed by atoms with Crippen LogP contribution in [0.5, 0.6) is 5.75 Å². The van der Waals surface area contributed by atoms with Crippen LogP contribution in [0.3, 0.4) is 0 Å². The number of halogens is 2. The van der Waals surface area contributed by atoms with E-state index in [-0.39, 0.29) is 5.75 Å².